The van der Waals surface area contributed by atoms with Gasteiger partial charge in [0, 0.05) is 15.4 Å². The van der Waals surface area contributed by atoms with Gasteiger partial charge in [0.1, 0.15) is 0 Å². The number of rotatable bonds is 2. The Morgan fingerprint density at radius 3 is 2.46 bits per heavy atom. The molecule has 0 radical (unpaired) electrons. The van der Waals surface area contributed by atoms with Crippen molar-refractivity contribution in [1.82, 2.24) is 0 Å². The van der Waals surface area contributed by atoms with Crippen molar-refractivity contribution in [2.45, 2.75) is 4.90 Å². The quantitative estimate of drug-likeness (QED) is 0.614. The van der Waals surface area contributed by atoms with Crippen molar-refractivity contribution in [2.24, 2.45) is 0 Å². The molecule has 0 fully saturated rings. The maximum Gasteiger partial charge on any atom is 0.175 e. The van der Waals surface area contributed by atoms with E-state index in [2.05, 4.69) is 0 Å². The molecule has 3 nitrogen and oxygen atoms in total. The van der Waals surface area contributed by atoms with Gasteiger partial charge >= 0.3 is 0 Å². The summed E-state index contributed by atoms with van der Waals surface area (Å²) in [6, 6.07) is 4.48. The highest BCUT2D eigenvalue weighted by Crippen LogP contribution is 2.16. The lowest BCUT2D eigenvalue weighted by Gasteiger charge is -2.00. The van der Waals surface area contributed by atoms with Crippen LogP contribution in [0.3, 0.4) is 0 Å². The predicted octanol–water partition coefficient (Wildman–Crippen LogP) is 1.51. The number of halogens is 1. The Morgan fingerprint density at radius 2 is 2.00 bits per heavy atom. The third-order valence-corrected chi connectivity index (χ3v) is 3.62. The molecule has 0 aromatic heterocycles. The summed E-state index contributed by atoms with van der Waals surface area (Å²) in [7, 11) is -3.21. The third-order valence-electron chi connectivity index (χ3n) is 1.52. The lowest BCUT2D eigenvalue weighted by molar-refractivity contribution is 0.112. The normalized spacial score (nSPS) is 11.2. The molecule has 1 aromatic rings. The molecule has 0 heterocycles. The maximum absolute atomic E-state index is 11.1. The summed E-state index contributed by atoms with van der Waals surface area (Å²) in [5.41, 5.74) is 0.406. The predicted molar refractivity (Wildman–Crippen MR) is 57.7 cm³/mol. The summed E-state index contributed by atoms with van der Waals surface area (Å²) in [6.45, 7) is 0. The Hall–Kier alpha value is -0.430. The van der Waals surface area contributed by atoms with Crippen molar-refractivity contribution in [3.63, 3.8) is 0 Å². The maximum atomic E-state index is 11.1. The molecule has 1 aromatic carbocycles. The lowest BCUT2D eigenvalue weighted by Crippen LogP contribution is -1.98. The number of carbonyl (C=O) groups excluding carboxylic acids is 1. The molecule has 1 rings (SSSR count). The number of aldehydes is 1. The highest BCUT2D eigenvalue weighted by molar-refractivity contribution is 14.1. The van der Waals surface area contributed by atoms with E-state index in [1.807, 2.05) is 22.6 Å². The summed E-state index contributed by atoms with van der Waals surface area (Å²) in [5.74, 6) is 0. The second-order valence-corrected chi connectivity index (χ2v) is 5.75. The van der Waals surface area contributed by atoms with Gasteiger partial charge < -0.3 is 0 Å². The summed E-state index contributed by atoms with van der Waals surface area (Å²) in [6.07, 6.45) is 1.76. The summed E-state index contributed by atoms with van der Waals surface area (Å²) >= 11 is 1.98. The first kappa shape index (κ1) is 10.6. The molecule has 0 bridgehead atoms. The highest BCUT2D eigenvalue weighted by atomic mass is 127. The molecule has 0 aliphatic rings. The molecule has 0 N–H and O–H groups in total. The van der Waals surface area contributed by atoms with Crippen LogP contribution in [0.25, 0.3) is 0 Å². The van der Waals surface area contributed by atoms with Gasteiger partial charge in [-0.2, -0.15) is 0 Å². The van der Waals surface area contributed by atoms with Crippen molar-refractivity contribution in [3.05, 3.63) is 27.3 Å². The topological polar surface area (TPSA) is 51.2 Å². The fraction of sp³-hybridized carbons (Fsp3) is 0.125. The number of hydrogen-bond acceptors (Lipinski definition) is 3. The van der Waals surface area contributed by atoms with Crippen molar-refractivity contribution in [1.29, 1.82) is 0 Å². The molecule has 13 heavy (non-hydrogen) atoms. The van der Waals surface area contributed by atoms with Crippen LogP contribution in [0.5, 0.6) is 0 Å². The van der Waals surface area contributed by atoms with Crippen LogP contribution in [0.15, 0.2) is 23.1 Å². The van der Waals surface area contributed by atoms with E-state index < -0.39 is 9.84 Å². The zero-order valence-corrected chi connectivity index (χ0v) is 9.79. The Balaban J connectivity index is 3.38. The minimum atomic E-state index is -3.21. The van der Waals surface area contributed by atoms with E-state index in [9.17, 15) is 13.2 Å². The van der Waals surface area contributed by atoms with Gasteiger partial charge in [-0.3, -0.25) is 4.79 Å². The standard InChI is InChI=1S/C8H7IO3S/c1-13(11,12)7-2-3-8(9)6(4-7)5-10/h2-5H,1H3. The van der Waals surface area contributed by atoms with Crippen molar-refractivity contribution in [2.75, 3.05) is 6.26 Å². The lowest BCUT2D eigenvalue weighted by atomic mass is 10.2. The SMILES string of the molecule is CS(=O)(=O)c1ccc(I)c(C=O)c1. The summed E-state index contributed by atoms with van der Waals surface area (Å²) in [5, 5.41) is 0. The average molecular weight is 310 g/mol. The molecule has 0 spiro atoms. The fourth-order valence-electron chi connectivity index (χ4n) is 0.843. The summed E-state index contributed by atoms with van der Waals surface area (Å²) < 4.78 is 22.9. The van der Waals surface area contributed by atoms with Crippen LogP contribution in [-0.2, 0) is 9.84 Å². The minimum Gasteiger partial charge on any atom is -0.298 e. The fourth-order valence-corrected chi connectivity index (χ4v) is 1.96. The van der Waals surface area contributed by atoms with E-state index in [4.69, 9.17) is 0 Å². The first-order chi connectivity index (χ1) is 5.95. The zero-order chi connectivity index (χ0) is 10.1. The molecular formula is C8H7IO3S. The molecule has 70 valence electrons. The van der Waals surface area contributed by atoms with E-state index in [1.165, 1.54) is 12.1 Å². The number of carbonyl (C=O) groups is 1. The number of benzene rings is 1. The van der Waals surface area contributed by atoms with Gasteiger partial charge in [0.2, 0.25) is 0 Å². The number of hydrogen-bond donors (Lipinski definition) is 0. The molecule has 0 aliphatic heterocycles. The Bertz CT molecular complexity index is 437. The van der Waals surface area contributed by atoms with Gasteiger partial charge in [0.25, 0.3) is 0 Å². The Morgan fingerprint density at radius 1 is 1.38 bits per heavy atom. The van der Waals surface area contributed by atoms with Crippen molar-refractivity contribution in [3.8, 4) is 0 Å². The molecule has 0 saturated heterocycles. The second kappa shape index (κ2) is 3.75. The molecule has 0 atom stereocenters. The van der Waals surface area contributed by atoms with Crippen LogP contribution in [0, 0.1) is 3.57 Å². The first-order valence-electron chi connectivity index (χ1n) is 3.40. The molecule has 0 saturated carbocycles. The van der Waals surface area contributed by atoms with Gasteiger partial charge in [-0.1, -0.05) is 0 Å². The minimum absolute atomic E-state index is 0.176. The van der Waals surface area contributed by atoms with E-state index in [-0.39, 0.29) is 4.90 Å². The molecule has 0 unspecified atom stereocenters. The smallest absolute Gasteiger partial charge is 0.175 e. The largest absolute Gasteiger partial charge is 0.298 e. The van der Waals surface area contributed by atoms with Crippen LogP contribution in [0.1, 0.15) is 10.4 Å². The monoisotopic (exact) mass is 310 g/mol. The van der Waals surface area contributed by atoms with Crippen LogP contribution >= 0.6 is 22.6 Å². The van der Waals surface area contributed by atoms with E-state index in [0.29, 0.717) is 11.8 Å². The molecule has 0 aliphatic carbocycles. The van der Waals surface area contributed by atoms with Gasteiger partial charge in [-0.15, -0.1) is 0 Å². The van der Waals surface area contributed by atoms with Crippen molar-refractivity contribution < 1.29 is 13.2 Å². The van der Waals surface area contributed by atoms with Crippen LogP contribution < -0.4 is 0 Å². The molecule has 5 heteroatoms. The number of sulfone groups is 1. The third kappa shape index (κ3) is 2.50. The van der Waals surface area contributed by atoms with E-state index in [1.54, 1.807) is 6.07 Å². The molecule has 0 amide bonds. The molecular weight excluding hydrogens is 303 g/mol. The Labute approximate surface area is 90.2 Å². The van der Waals surface area contributed by atoms with E-state index in [0.717, 1.165) is 9.83 Å². The van der Waals surface area contributed by atoms with Crippen LogP contribution in [0.4, 0.5) is 0 Å². The van der Waals surface area contributed by atoms with Gasteiger partial charge in [0.05, 0.1) is 4.90 Å². The average Bonchev–Trinajstić information content (AvgIpc) is 2.03. The van der Waals surface area contributed by atoms with Crippen LogP contribution in [0.2, 0.25) is 0 Å². The summed E-state index contributed by atoms with van der Waals surface area (Å²) in [4.78, 5) is 10.7. The highest BCUT2D eigenvalue weighted by Gasteiger charge is 2.08. The van der Waals surface area contributed by atoms with Gasteiger partial charge in [0.15, 0.2) is 16.1 Å². The van der Waals surface area contributed by atoms with Crippen molar-refractivity contribution >= 4 is 38.7 Å². The van der Waals surface area contributed by atoms with Gasteiger partial charge in [-0.05, 0) is 40.8 Å². The Kier molecular flexibility index (Phi) is 3.07. The van der Waals surface area contributed by atoms with Gasteiger partial charge in [-0.25, -0.2) is 8.42 Å². The zero-order valence-electron chi connectivity index (χ0n) is 6.82. The first-order valence-corrected chi connectivity index (χ1v) is 6.37. The van der Waals surface area contributed by atoms with Crippen LogP contribution in [-0.4, -0.2) is 21.0 Å². The van der Waals surface area contributed by atoms with E-state index >= 15 is 0 Å². The second-order valence-electron chi connectivity index (χ2n) is 2.57.